The molecule has 4 nitrogen and oxygen atoms in total. The number of nitrogens with zero attached hydrogens (tertiary/aromatic N) is 2. The number of aromatic nitrogens is 1. The molecule has 0 saturated heterocycles. The number of rotatable bonds is 1. The quantitative estimate of drug-likeness (QED) is 0.317. The Morgan fingerprint density at radius 2 is 2.25 bits per heavy atom. The Hall–Kier alpha value is -1.52. The van der Waals surface area contributed by atoms with E-state index in [4.69, 9.17) is 19.3 Å². The van der Waals surface area contributed by atoms with Crippen LogP contribution >= 0.6 is 0 Å². The van der Waals surface area contributed by atoms with Gasteiger partial charge in [-0.1, -0.05) is 11.5 Å². The summed E-state index contributed by atoms with van der Waals surface area (Å²) < 4.78 is 0. The third-order valence-corrected chi connectivity index (χ3v) is 1.27. The van der Waals surface area contributed by atoms with Crippen LogP contribution in [0.25, 0.3) is 0 Å². The zero-order chi connectivity index (χ0) is 9.14. The van der Waals surface area contributed by atoms with Crippen LogP contribution in [0, 0.1) is 6.92 Å². The maximum absolute atomic E-state index is 5.59. The Morgan fingerprint density at radius 3 is 2.75 bits per heavy atom. The molecule has 0 unspecified atom stereocenters. The number of hydrogen-bond donors (Lipinski definition) is 2. The van der Waals surface area contributed by atoms with Crippen molar-refractivity contribution in [1.82, 2.24) is 4.98 Å². The van der Waals surface area contributed by atoms with Gasteiger partial charge in [-0.2, -0.15) is 4.99 Å². The molecule has 0 spiro atoms. The molecule has 60 valence electrons. The first kappa shape index (κ1) is 8.58. The fraction of sp³-hybridized carbons (Fsp3) is 0.143. The molecule has 0 saturated carbocycles. The largest absolute Gasteiger partial charge is 0.370 e. The van der Waals surface area contributed by atoms with E-state index in [9.17, 15) is 0 Å². The van der Waals surface area contributed by atoms with E-state index in [0.29, 0.717) is 11.3 Å². The topological polar surface area (TPSA) is 77.3 Å². The van der Waals surface area contributed by atoms with Crippen LogP contribution in [0.5, 0.6) is 0 Å². The molecule has 1 rings (SSSR count). The minimum absolute atomic E-state index is 0.0435. The average Bonchev–Trinajstić information content (AvgIpc) is 1.94. The van der Waals surface area contributed by atoms with E-state index in [1.54, 1.807) is 12.3 Å². The molecule has 0 atom stereocenters. The summed E-state index contributed by atoms with van der Waals surface area (Å²) in [6.45, 7) is 1.89. The van der Waals surface area contributed by atoms with Crippen LogP contribution in [0.4, 0.5) is 5.82 Å². The number of guanidine groups is 1. The van der Waals surface area contributed by atoms with Gasteiger partial charge in [-0.3, -0.25) is 0 Å². The fourth-order valence-electron chi connectivity index (χ4n) is 0.800. The van der Waals surface area contributed by atoms with Crippen molar-refractivity contribution in [1.29, 1.82) is 0 Å². The number of hydrogen-bond acceptors (Lipinski definition) is 2. The highest BCUT2D eigenvalue weighted by atomic mass is 15.0. The highest BCUT2D eigenvalue weighted by molar-refractivity contribution is 6.35. The summed E-state index contributed by atoms with van der Waals surface area (Å²) in [4.78, 5) is 7.68. The molecule has 0 aliphatic heterocycles. The molecular formula is C7H9BN4. The Bertz CT molecular complexity index is 317. The highest BCUT2D eigenvalue weighted by Crippen LogP contribution is 2.02. The van der Waals surface area contributed by atoms with Crippen molar-refractivity contribution in [2.75, 3.05) is 0 Å². The van der Waals surface area contributed by atoms with Gasteiger partial charge in [0.15, 0.2) is 5.96 Å². The van der Waals surface area contributed by atoms with E-state index in [-0.39, 0.29) is 5.96 Å². The second kappa shape index (κ2) is 3.25. The first-order valence-electron chi connectivity index (χ1n) is 3.41. The summed E-state index contributed by atoms with van der Waals surface area (Å²) in [6, 6.07) is 1.76. The van der Waals surface area contributed by atoms with Crippen molar-refractivity contribution in [2.45, 2.75) is 6.92 Å². The SMILES string of the molecule is [B]c1cc(C)cnc1N=C(N)N. The molecule has 0 aromatic carbocycles. The van der Waals surface area contributed by atoms with Gasteiger partial charge < -0.3 is 11.5 Å². The predicted octanol–water partition coefficient (Wildman–Crippen LogP) is -0.911. The predicted molar refractivity (Wildman–Crippen MR) is 49.8 cm³/mol. The van der Waals surface area contributed by atoms with Crippen LogP contribution in [-0.4, -0.2) is 18.8 Å². The smallest absolute Gasteiger partial charge is 0.192 e. The molecule has 1 aromatic heterocycles. The van der Waals surface area contributed by atoms with E-state index in [1.165, 1.54) is 0 Å². The third kappa shape index (κ3) is 1.98. The van der Waals surface area contributed by atoms with Gasteiger partial charge in [0.2, 0.25) is 0 Å². The first-order chi connectivity index (χ1) is 5.59. The second-order valence-corrected chi connectivity index (χ2v) is 2.46. The molecule has 2 radical (unpaired) electrons. The number of pyridine rings is 1. The molecule has 12 heavy (non-hydrogen) atoms. The lowest BCUT2D eigenvalue weighted by molar-refractivity contribution is 1.24. The molecule has 0 aliphatic rings. The van der Waals surface area contributed by atoms with Crippen LogP contribution in [0.2, 0.25) is 0 Å². The van der Waals surface area contributed by atoms with E-state index in [2.05, 4.69) is 9.98 Å². The lowest BCUT2D eigenvalue weighted by atomic mass is 9.96. The maximum atomic E-state index is 5.59. The van der Waals surface area contributed by atoms with Crippen molar-refractivity contribution < 1.29 is 0 Å². The van der Waals surface area contributed by atoms with E-state index >= 15 is 0 Å². The zero-order valence-corrected chi connectivity index (χ0v) is 6.78. The van der Waals surface area contributed by atoms with Crippen LogP contribution < -0.4 is 16.9 Å². The minimum atomic E-state index is -0.0435. The number of aryl methyl sites for hydroxylation is 1. The Kier molecular flexibility index (Phi) is 2.33. The van der Waals surface area contributed by atoms with Crippen molar-refractivity contribution >= 4 is 25.1 Å². The van der Waals surface area contributed by atoms with Crippen molar-refractivity contribution in [3.05, 3.63) is 17.8 Å². The Balaban J connectivity index is 3.10. The van der Waals surface area contributed by atoms with E-state index in [1.807, 2.05) is 6.92 Å². The lowest BCUT2D eigenvalue weighted by Gasteiger charge is -2.00. The van der Waals surface area contributed by atoms with Gasteiger partial charge in [-0.15, -0.1) is 0 Å². The normalized spacial score (nSPS) is 9.42. The van der Waals surface area contributed by atoms with Crippen molar-refractivity contribution in [2.24, 2.45) is 16.5 Å². The fourth-order valence-corrected chi connectivity index (χ4v) is 0.800. The second-order valence-electron chi connectivity index (χ2n) is 2.46. The van der Waals surface area contributed by atoms with Gasteiger partial charge in [0, 0.05) is 6.20 Å². The van der Waals surface area contributed by atoms with Crippen LogP contribution in [0.15, 0.2) is 17.3 Å². The molecule has 4 N–H and O–H groups in total. The monoisotopic (exact) mass is 160 g/mol. The van der Waals surface area contributed by atoms with Crippen molar-refractivity contribution in [3.8, 4) is 0 Å². The Morgan fingerprint density at radius 1 is 1.58 bits per heavy atom. The molecule has 0 aliphatic carbocycles. The third-order valence-electron chi connectivity index (χ3n) is 1.27. The molecule has 0 amide bonds. The highest BCUT2D eigenvalue weighted by Gasteiger charge is 1.96. The maximum Gasteiger partial charge on any atom is 0.192 e. The van der Waals surface area contributed by atoms with E-state index < -0.39 is 0 Å². The van der Waals surface area contributed by atoms with Gasteiger partial charge in [0.25, 0.3) is 0 Å². The summed E-state index contributed by atoms with van der Waals surface area (Å²) in [5.41, 5.74) is 11.8. The van der Waals surface area contributed by atoms with Crippen LogP contribution in [0.3, 0.4) is 0 Å². The summed E-state index contributed by atoms with van der Waals surface area (Å²) in [7, 11) is 5.59. The summed E-state index contributed by atoms with van der Waals surface area (Å²) >= 11 is 0. The van der Waals surface area contributed by atoms with E-state index in [0.717, 1.165) is 5.56 Å². The first-order valence-corrected chi connectivity index (χ1v) is 3.41. The molecule has 1 heterocycles. The standard InChI is InChI=1S/C7H9BN4/c1-4-2-5(8)6(11-3-4)12-7(9)10/h2-3H,1H3,(H4,9,10,11,12). The minimum Gasteiger partial charge on any atom is -0.370 e. The summed E-state index contributed by atoms with van der Waals surface area (Å²) in [5.74, 6) is 0.318. The number of nitrogens with two attached hydrogens (primary N) is 2. The van der Waals surface area contributed by atoms with Gasteiger partial charge in [-0.05, 0) is 12.5 Å². The lowest BCUT2D eigenvalue weighted by Crippen LogP contribution is -2.23. The molecular weight excluding hydrogens is 151 g/mol. The van der Waals surface area contributed by atoms with Gasteiger partial charge in [0.1, 0.15) is 13.7 Å². The van der Waals surface area contributed by atoms with Crippen molar-refractivity contribution in [3.63, 3.8) is 0 Å². The van der Waals surface area contributed by atoms with Gasteiger partial charge in [0.05, 0.1) is 0 Å². The molecule has 0 bridgehead atoms. The summed E-state index contributed by atoms with van der Waals surface area (Å²) in [6.07, 6.45) is 1.65. The summed E-state index contributed by atoms with van der Waals surface area (Å²) in [5, 5.41) is 0. The number of aliphatic imine (C=N–C) groups is 1. The van der Waals surface area contributed by atoms with Crippen LogP contribution in [-0.2, 0) is 0 Å². The molecule has 1 aromatic rings. The Labute approximate surface area is 72.1 Å². The van der Waals surface area contributed by atoms with Gasteiger partial charge in [-0.25, -0.2) is 4.98 Å². The average molecular weight is 160 g/mol. The molecule has 0 fully saturated rings. The molecule has 5 heteroatoms. The van der Waals surface area contributed by atoms with Crippen LogP contribution in [0.1, 0.15) is 5.56 Å². The zero-order valence-electron chi connectivity index (χ0n) is 6.78. The van der Waals surface area contributed by atoms with Gasteiger partial charge >= 0.3 is 0 Å².